The number of ketones is 2. The molecule has 0 bridgehead atoms. The number of nitrogens with one attached hydrogen (secondary N) is 2. The average Bonchev–Trinajstić information content (AvgIpc) is 2.76. The van der Waals surface area contributed by atoms with E-state index in [1.165, 1.54) is 28.4 Å². The zero-order chi connectivity index (χ0) is 24.4. The van der Waals surface area contributed by atoms with Gasteiger partial charge in [-0.25, -0.2) is 9.59 Å². The van der Waals surface area contributed by atoms with E-state index in [9.17, 15) is 19.2 Å². The molecule has 10 nitrogen and oxygen atoms in total. The fraction of sp³-hybridized carbons (Fsp3) is 0.810. The molecule has 0 aromatic carbocycles. The Morgan fingerprint density at radius 1 is 0.839 bits per heavy atom. The first-order valence-corrected chi connectivity index (χ1v) is 10.2. The van der Waals surface area contributed by atoms with E-state index in [0.29, 0.717) is 6.42 Å². The predicted molar refractivity (Wildman–Crippen MR) is 114 cm³/mol. The average molecular weight is 447 g/mol. The standard InChI is InChI=1S/C21H38N2O8/c1-12(2)16(24)18(23-20(27)30-8)21(5,31-9)11-10-13(3)17(25)15(14(4)28-6)22-19(26)29-7/h12-15,18H,10-11H2,1-9H3,(H,22,26)(H,23,27). The first-order valence-electron chi connectivity index (χ1n) is 10.2. The molecule has 10 heteroatoms. The summed E-state index contributed by atoms with van der Waals surface area (Å²) in [6, 6.07) is -1.86. The summed E-state index contributed by atoms with van der Waals surface area (Å²) in [6.45, 7) is 8.55. The number of carbonyl (C=O) groups excluding carboxylic acids is 4. The van der Waals surface area contributed by atoms with Gasteiger partial charge in [0.15, 0.2) is 11.6 Å². The van der Waals surface area contributed by atoms with Crippen LogP contribution in [0.25, 0.3) is 0 Å². The van der Waals surface area contributed by atoms with Crippen molar-refractivity contribution in [1.82, 2.24) is 10.6 Å². The molecular weight excluding hydrogens is 408 g/mol. The molecule has 0 aromatic heterocycles. The van der Waals surface area contributed by atoms with Crippen LogP contribution in [0.15, 0.2) is 0 Å². The second kappa shape index (κ2) is 13.3. The highest BCUT2D eigenvalue weighted by molar-refractivity contribution is 5.90. The zero-order valence-electron chi connectivity index (χ0n) is 20.1. The van der Waals surface area contributed by atoms with Crippen LogP contribution in [0.3, 0.4) is 0 Å². The van der Waals surface area contributed by atoms with E-state index in [1.54, 1.807) is 34.6 Å². The van der Waals surface area contributed by atoms with Crippen LogP contribution in [0.2, 0.25) is 0 Å². The van der Waals surface area contributed by atoms with Gasteiger partial charge in [0.2, 0.25) is 0 Å². The molecule has 31 heavy (non-hydrogen) atoms. The second-order valence-electron chi connectivity index (χ2n) is 8.04. The molecule has 0 aromatic rings. The molecule has 0 saturated heterocycles. The Labute approximate surface area is 184 Å². The molecule has 2 N–H and O–H groups in total. The van der Waals surface area contributed by atoms with E-state index in [2.05, 4.69) is 20.1 Å². The number of rotatable bonds is 13. The molecule has 0 rings (SSSR count). The van der Waals surface area contributed by atoms with Crippen molar-refractivity contribution in [3.63, 3.8) is 0 Å². The minimum atomic E-state index is -1.08. The Kier molecular flexibility index (Phi) is 12.3. The van der Waals surface area contributed by atoms with Crippen molar-refractivity contribution >= 4 is 23.8 Å². The van der Waals surface area contributed by atoms with Crippen LogP contribution in [-0.2, 0) is 28.5 Å². The van der Waals surface area contributed by atoms with Gasteiger partial charge in [0, 0.05) is 26.1 Å². The molecule has 0 spiro atoms. The number of methoxy groups -OCH3 is 4. The van der Waals surface area contributed by atoms with Crippen LogP contribution in [0.4, 0.5) is 9.59 Å². The van der Waals surface area contributed by atoms with Crippen molar-refractivity contribution in [2.24, 2.45) is 11.8 Å². The maximum absolute atomic E-state index is 13.0. The minimum Gasteiger partial charge on any atom is -0.453 e. The summed E-state index contributed by atoms with van der Waals surface area (Å²) in [5.41, 5.74) is -1.08. The monoisotopic (exact) mass is 446 g/mol. The Hall–Kier alpha value is -2.20. The molecule has 0 saturated carbocycles. The summed E-state index contributed by atoms with van der Waals surface area (Å²) >= 11 is 0. The quantitative estimate of drug-likeness (QED) is 0.440. The Morgan fingerprint density at radius 3 is 1.77 bits per heavy atom. The molecule has 5 unspecified atom stereocenters. The third kappa shape index (κ3) is 8.45. The highest BCUT2D eigenvalue weighted by Gasteiger charge is 2.42. The van der Waals surface area contributed by atoms with Gasteiger partial charge < -0.3 is 29.6 Å². The van der Waals surface area contributed by atoms with E-state index >= 15 is 0 Å². The van der Waals surface area contributed by atoms with Crippen LogP contribution in [0.5, 0.6) is 0 Å². The Morgan fingerprint density at radius 2 is 1.35 bits per heavy atom. The molecule has 0 fully saturated rings. The van der Waals surface area contributed by atoms with Gasteiger partial charge in [-0.05, 0) is 26.7 Å². The molecule has 0 aliphatic heterocycles. The van der Waals surface area contributed by atoms with Crippen LogP contribution in [-0.4, -0.2) is 76.0 Å². The lowest BCUT2D eigenvalue weighted by molar-refractivity contribution is -0.133. The van der Waals surface area contributed by atoms with Gasteiger partial charge in [0.25, 0.3) is 0 Å². The van der Waals surface area contributed by atoms with Crippen molar-refractivity contribution in [3.8, 4) is 0 Å². The van der Waals surface area contributed by atoms with E-state index in [-0.39, 0.29) is 23.9 Å². The lowest BCUT2D eigenvalue weighted by atomic mass is 9.81. The van der Waals surface area contributed by atoms with Gasteiger partial charge in [0.1, 0.15) is 12.1 Å². The summed E-state index contributed by atoms with van der Waals surface area (Å²) in [6.07, 6.45) is -1.43. The van der Waals surface area contributed by atoms with E-state index in [1.807, 2.05) is 0 Å². The van der Waals surface area contributed by atoms with Crippen molar-refractivity contribution in [2.75, 3.05) is 28.4 Å². The summed E-state index contributed by atoms with van der Waals surface area (Å²) in [5, 5.41) is 5.07. The second-order valence-corrected chi connectivity index (χ2v) is 8.04. The number of alkyl carbamates (subject to hydrolysis) is 2. The van der Waals surface area contributed by atoms with Crippen molar-refractivity contribution in [3.05, 3.63) is 0 Å². The van der Waals surface area contributed by atoms with Crippen LogP contribution in [0, 0.1) is 11.8 Å². The van der Waals surface area contributed by atoms with Crippen molar-refractivity contribution in [2.45, 2.75) is 71.2 Å². The number of amides is 2. The van der Waals surface area contributed by atoms with Gasteiger partial charge in [-0.15, -0.1) is 0 Å². The first kappa shape index (κ1) is 28.8. The fourth-order valence-corrected chi connectivity index (χ4v) is 3.09. The molecule has 0 aliphatic rings. The number of hydrogen-bond acceptors (Lipinski definition) is 8. The van der Waals surface area contributed by atoms with E-state index in [4.69, 9.17) is 9.47 Å². The molecule has 180 valence electrons. The molecular formula is C21H38N2O8. The fourth-order valence-electron chi connectivity index (χ4n) is 3.09. The number of carbonyl (C=O) groups is 4. The van der Waals surface area contributed by atoms with Crippen LogP contribution in [0.1, 0.15) is 47.5 Å². The maximum Gasteiger partial charge on any atom is 0.407 e. The minimum absolute atomic E-state index is 0.216. The van der Waals surface area contributed by atoms with E-state index < -0.39 is 41.9 Å². The van der Waals surface area contributed by atoms with Crippen molar-refractivity contribution in [1.29, 1.82) is 0 Å². The first-order chi connectivity index (χ1) is 14.4. The smallest absolute Gasteiger partial charge is 0.407 e. The zero-order valence-corrected chi connectivity index (χ0v) is 20.1. The number of ether oxygens (including phenoxy) is 4. The van der Waals surface area contributed by atoms with Gasteiger partial charge in [-0.3, -0.25) is 9.59 Å². The maximum atomic E-state index is 13.0. The van der Waals surface area contributed by atoms with Gasteiger partial charge in [0.05, 0.1) is 25.9 Å². The lowest BCUT2D eigenvalue weighted by Gasteiger charge is -2.37. The third-order valence-corrected chi connectivity index (χ3v) is 5.54. The van der Waals surface area contributed by atoms with Gasteiger partial charge in [-0.2, -0.15) is 0 Å². The predicted octanol–water partition coefficient (Wildman–Crippen LogP) is 2.09. The van der Waals surface area contributed by atoms with Crippen LogP contribution >= 0.6 is 0 Å². The molecule has 0 aliphatic carbocycles. The summed E-state index contributed by atoms with van der Waals surface area (Å²) < 4.78 is 20.1. The van der Waals surface area contributed by atoms with E-state index in [0.717, 1.165) is 0 Å². The lowest BCUT2D eigenvalue weighted by Crippen LogP contribution is -2.58. The summed E-state index contributed by atoms with van der Waals surface area (Å²) in [5.74, 6) is -1.31. The number of Topliss-reactive ketones (excluding diaryl/α,β-unsaturated/α-hetero) is 2. The largest absolute Gasteiger partial charge is 0.453 e. The highest BCUT2D eigenvalue weighted by Crippen LogP contribution is 2.27. The van der Waals surface area contributed by atoms with Gasteiger partial charge >= 0.3 is 12.2 Å². The number of hydrogen-bond donors (Lipinski definition) is 2. The third-order valence-electron chi connectivity index (χ3n) is 5.54. The topological polar surface area (TPSA) is 129 Å². The summed E-state index contributed by atoms with van der Waals surface area (Å²) in [7, 11) is 5.31. The van der Waals surface area contributed by atoms with Crippen LogP contribution < -0.4 is 10.6 Å². The Balaban J connectivity index is 5.54. The highest BCUT2D eigenvalue weighted by atomic mass is 16.5. The normalized spacial score (nSPS) is 17.0. The van der Waals surface area contributed by atoms with Gasteiger partial charge in [-0.1, -0.05) is 20.8 Å². The molecule has 2 amide bonds. The summed E-state index contributed by atoms with van der Waals surface area (Å²) in [4.78, 5) is 49.2. The SMILES string of the molecule is COC(=O)NC(C(=O)C(C)CCC(C)(OC)C(NC(=O)OC)C(=O)C(C)C)C(C)OC. The van der Waals surface area contributed by atoms with Crippen molar-refractivity contribution < 1.29 is 38.1 Å². The Bertz CT molecular complexity index is 625. The molecule has 5 atom stereocenters. The molecule has 0 radical (unpaired) electrons. The molecule has 0 heterocycles.